The molecule has 1 unspecified atom stereocenters. The first-order valence-corrected chi connectivity index (χ1v) is 7.19. The van der Waals surface area contributed by atoms with Crippen LogP contribution in [0.4, 0.5) is 10.5 Å². The fourth-order valence-corrected chi connectivity index (χ4v) is 1.94. The van der Waals surface area contributed by atoms with Gasteiger partial charge in [-0.3, -0.25) is 5.32 Å². The molecule has 24 heavy (non-hydrogen) atoms. The van der Waals surface area contributed by atoms with Crippen LogP contribution in [-0.4, -0.2) is 28.6 Å². The van der Waals surface area contributed by atoms with Crippen LogP contribution in [0.15, 0.2) is 42.5 Å². The first-order valence-electron chi connectivity index (χ1n) is 6.81. The fourth-order valence-electron chi connectivity index (χ4n) is 1.82. The van der Waals surface area contributed by atoms with Crippen LogP contribution in [-0.2, 0) is 4.74 Å². The Bertz CT molecular complexity index is 747. The van der Waals surface area contributed by atoms with Crippen molar-refractivity contribution in [1.29, 1.82) is 0 Å². The number of rotatable bonds is 5. The summed E-state index contributed by atoms with van der Waals surface area (Å²) in [6, 6.07) is 10.1. The highest BCUT2D eigenvalue weighted by Crippen LogP contribution is 2.22. The fraction of sp³-hybridized carbons (Fsp3) is 0.125. The zero-order valence-electron chi connectivity index (χ0n) is 12.5. The van der Waals surface area contributed by atoms with Crippen molar-refractivity contribution < 1.29 is 29.3 Å². The number of amides is 1. The van der Waals surface area contributed by atoms with Gasteiger partial charge in [-0.25, -0.2) is 9.59 Å². The average molecular weight is 352 g/mol. The van der Waals surface area contributed by atoms with E-state index < -0.39 is 24.1 Å². The first-order chi connectivity index (χ1) is 11.3. The quantitative estimate of drug-likeness (QED) is 0.709. The Morgan fingerprint density at radius 3 is 2.42 bits per heavy atom. The maximum Gasteiger partial charge on any atom is 0.414 e. The number of aromatic carboxylic acids is 1. The molecule has 2 aromatic carbocycles. The molecular weight excluding hydrogens is 338 g/mol. The lowest BCUT2D eigenvalue weighted by molar-refractivity contribution is -0.0119. The molecule has 3 N–H and O–H groups in total. The first kappa shape index (κ1) is 17.4. The molecule has 0 saturated heterocycles. The summed E-state index contributed by atoms with van der Waals surface area (Å²) in [6.07, 6.45) is -1.70. The molecule has 7 nitrogen and oxygen atoms in total. The van der Waals surface area contributed by atoms with Gasteiger partial charge in [0.05, 0.1) is 0 Å². The van der Waals surface area contributed by atoms with Crippen LogP contribution in [0.25, 0.3) is 0 Å². The van der Waals surface area contributed by atoms with Crippen molar-refractivity contribution in [3.63, 3.8) is 0 Å². The SMILES string of the molecule is CC(OC(=O)Nc1ccc(C(=O)O)c(O)c1)Oc1ccc(Cl)cc1. The Labute approximate surface area is 142 Å². The van der Waals surface area contributed by atoms with Crippen molar-refractivity contribution in [3.05, 3.63) is 53.1 Å². The highest BCUT2D eigenvalue weighted by molar-refractivity contribution is 6.30. The molecule has 2 aromatic rings. The number of hydrogen-bond acceptors (Lipinski definition) is 5. The maximum atomic E-state index is 11.8. The van der Waals surface area contributed by atoms with E-state index in [0.29, 0.717) is 10.8 Å². The van der Waals surface area contributed by atoms with Crippen LogP contribution >= 0.6 is 11.6 Å². The molecule has 0 radical (unpaired) electrons. The van der Waals surface area contributed by atoms with E-state index in [2.05, 4.69) is 5.32 Å². The van der Waals surface area contributed by atoms with E-state index in [0.717, 1.165) is 6.07 Å². The molecule has 0 aliphatic heterocycles. The highest BCUT2D eigenvalue weighted by atomic mass is 35.5. The number of anilines is 1. The average Bonchev–Trinajstić information content (AvgIpc) is 2.49. The number of ether oxygens (including phenoxy) is 2. The standard InChI is InChI=1S/C16H14ClNO6/c1-9(23-12-5-2-10(17)3-6-12)24-16(22)18-11-4-7-13(15(20)21)14(19)8-11/h2-9,19H,1H3,(H,18,22)(H,20,21). The van der Waals surface area contributed by atoms with Gasteiger partial charge in [0.15, 0.2) is 0 Å². The lowest BCUT2D eigenvalue weighted by Crippen LogP contribution is -2.24. The van der Waals surface area contributed by atoms with Crippen molar-refractivity contribution in [2.45, 2.75) is 13.2 Å². The number of carbonyl (C=O) groups is 2. The molecule has 0 aliphatic carbocycles. The van der Waals surface area contributed by atoms with E-state index in [-0.39, 0.29) is 11.3 Å². The summed E-state index contributed by atoms with van der Waals surface area (Å²) in [6.45, 7) is 1.53. The molecule has 1 atom stereocenters. The van der Waals surface area contributed by atoms with Crippen LogP contribution in [0.5, 0.6) is 11.5 Å². The Morgan fingerprint density at radius 1 is 1.17 bits per heavy atom. The minimum Gasteiger partial charge on any atom is -0.507 e. The smallest absolute Gasteiger partial charge is 0.414 e. The van der Waals surface area contributed by atoms with Gasteiger partial charge in [0.25, 0.3) is 0 Å². The van der Waals surface area contributed by atoms with E-state index in [1.54, 1.807) is 24.3 Å². The number of halogens is 1. The second kappa shape index (κ2) is 7.56. The molecule has 0 fully saturated rings. The van der Waals surface area contributed by atoms with Gasteiger partial charge in [-0.15, -0.1) is 0 Å². The number of carboxylic acids is 1. The second-order valence-corrected chi connectivity index (χ2v) is 5.14. The summed E-state index contributed by atoms with van der Waals surface area (Å²) in [5.41, 5.74) is -0.0884. The molecule has 126 valence electrons. The predicted octanol–water partition coefficient (Wildman–Crippen LogP) is 3.72. The molecule has 0 heterocycles. The molecule has 2 rings (SSSR count). The zero-order valence-corrected chi connectivity index (χ0v) is 13.3. The summed E-state index contributed by atoms with van der Waals surface area (Å²) in [5.74, 6) is -1.26. The Morgan fingerprint density at radius 2 is 1.83 bits per heavy atom. The summed E-state index contributed by atoms with van der Waals surface area (Å²) >= 11 is 5.76. The molecule has 0 aromatic heterocycles. The minimum absolute atomic E-state index is 0.182. The minimum atomic E-state index is -1.27. The van der Waals surface area contributed by atoms with Crippen molar-refractivity contribution in [2.75, 3.05) is 5.32 Å². The van der Waals surface area contributed by atoms with Gasteiger partial charge in [0, 0.05) is 23.7 Å². The lowest BCUT2D eigenvalue weighted by Gasteiger charge is -2.16. The van der Waals surface area contributed by atoms with E-state index >= 15 is 0 Å². The van der Waals surface area contributed by atoms with Gasteiger partial charge in [0.2, 0.25) is 6.29 Å². The maximum absolute atomic E-state index is 11.8. The van der Waals surface area contributed by atoms with Gasteiger partial charge in [0.1, 0.15) is 17.1 Å². The Kier molecular flexibility index (Phi) is 5.49. The molecular formula is C16H14ClNO6. The molecule has 0 saturated carbocycles. The van der Waals surface area contributed by atoms with Gasteiger partial charge in [-0.05, 0) is 36.4 Å². The van der Waals surface area contributed by atoms with Crippen LogP contribution < -0.4 is 10.1 Å². The number of phenols is 1. The van der Waals surface area contributed by atoms with E-state index in [1.807, 2.05) is 0 Å². The van der Waals surface area contributed by atoms with Crippen LogP contribution in [0.2, 0.25) is 5.02 Å². The van der Waals surface area contributed by atoms with Crippen LogP contribution in [0, 0.1) is 0 Å². The van der Waals surface area contributed by atoms with Gasteiger partial charge in [-0.2, -0.15) is 0 Å². The van der Waals surface area contributed by atoms with Crippen LogP contribution in [0.1, 0.15) is 17.3 Å². The third-order valence-corrected chi connectivity index (χ3v) is 3.12. The van der Waals surface area contributed by atoms with Gasteiger partial charge in [-0.1, -0.05) is 11.6 Å². The molecule has 0 bridgehead atoms. The second-order valence-electron chi connectivity index (χ2n) is 4.71. The van der Waals surface area contributed by atoms with Gasteiger partial charge < -0.3 is 19.7 Å². The number of hydrogen-bond donors (Lipinski definition) is 3. The number of nitrogens with one attached hydrogen (secondary N) is 1. The zero-order chi connectivity index (χ0) is 17.7. The Balaban J connectivity index is 1.91. The van der Waals surface area contributed by atoms with Crippen molar-refractivity contribution in [2.24, 2.45) is 0 Å². The number of carbonyl (C=O) groups excluding carboxylic acids is 1. The Hall–Kier alpha value is -2.93. The number of carboxylic acid groups (broad SMARTS) is 1. The number of aromatic hydroxyl groups is 1. The summed E-state index contributed by atoms with van der Waals surface area (Å²) < 4.78 is 10.4. The molecule has 1 amide bonds. The van der Waals surface area contributed by atoms with Crippen LogP contribution in [0.3, 0.4) is 0 Å². The van der Waals surface area contributed by atoms with E-state index in [9.17, 15) is 14.7 Å². The summed E-state index contributed by atoms with van der Waals surface area (Å²) in [4.78, 5) is 22.6. The molecule has 0 aliphatic rings. The normalized spacial score (nSPS) is 11.4. The van der Waals surface area contributed by atoms with Crippen molar-refractivity contribution in [3.8, 4) is 11.5 Å². The number of benzene rings is 2. The lowest BCUT2D eigenvalue weighted by atomic mass is 10.2. The van der Waals surface area contributed by atoms with Crippen molar-refractivity contribution in [1.82, 2.24) is 0 Å². The summed E-state index contributed by atoms with van der Waals surface area (Å²) in [5, 5.41) is 21.3. The van der Waals surface area contributed by atoms with E-state index in [1.165, 1.54) is 19.1 Å². The third kappa shape index (κ3) is 4.79. The molecule has 8 heteroatoms. The third-order valence-electron chi connectivity index (χ3n) is 2.86. The molecule has 0 spiro atoms. The monoisotopic (exact) mass is 351 g/mol. The predicted molar refractivity (Wildman–Crippen MR) is 86.7 cm³/mol. The van der Waals surface area contributed by atoms with E-state index in [4.69, 9.17) is 26.2 Å². The topological polar surface area (TPSA) is 105 Å². The van der Waals surface area contributed by atoms with Gasteiger partial charge >= 0.3 is 12.1 Å². The van der Waals surface area contributed by atoms with Crippen molar-refractivity contribution >= 4 is 29.4 Å². The summed E-state index contributed by atoms with van der Waals surface area (Å²) in [7, 11) is 0. The largest absolute Gasteiger partial charge is 0.507 e. The highest BCUT2D eigenvalue weighted by Gasteiger charge is 2.14.